The summed E-state index contributed by atoms with van der Waals surface area (Å²) in [4.78, 5) is 2.36. The van der Waals surface area contributed by atoms with Crippen molar-refractivity contribution in [3.05, 3.63) is 59.7 Å². The molecule has 1 aliphatic rings. The zero-order valence-corrected chi connectivity index (χ0v) is 14.8. The van der Waals surface area contributed by atoms with Crippen LogP contribution in [0.3, 0.4) is 0 Å². The first-order chi connectivity index (χ1) is 11.5. The molecule has 0 bridgehead atoms. The Morgan fingerprint density at radius 1 is 0.917 bits per heavy atom. The molecule has 1 heterocycles. The maximum absolute atomic E-state index is 12.3. The average molecular weight is 344 g/mol. The van der Waals surface area contributed by atoms with Crippen molar-refractivity contribution in [2.45, 2.75) is 31.9 Å². The summed E-state index contributed by atoms with van der Waals surface area (Å²) in [5.41, 5.74) is 3.69. The van der Waals surface area contributed by atoms with Gasteiger partial charge in [0.1, 0.15) is 0 Å². The highest BCUT2D eigenvalue weighted by atomic mass is 32.2. The van der Waals surface area contributed by atoms with E-state index in [1.807, 2.05) is 55.5 Å². The molecule has 24 heavy (non-hydrogen) atoms. The predicted octanol–water partition coefficient (Wildman–Crippen LogP) is 3.93. The first-order valence-electron chi connectivity index (χ1n) is 8.43. The SMILES string of the molecule is Cc1ccc(CS(=O)(=O)Nc2ccc(N3CCCCC3)cc2)cc1. The van der Waals surface area contributed by atoms with Crippen molar-refractivity contribution in [2.24, 2.45) is 0 Å². The fourth-order valence-corrected chi connectivity index (χ4v) is 4.21. The minimum absolute atomic E-state index is 0.0127. The Labute approximate surface area is 144 Å². The van der Waals surface area contributed by atoms with Gasteiger partial charge in [-0.3, -0.25) is 4.72 Å². The molecule has 128 valence electrons. The van der Waals surface area contributed by atoms with E-state index in [-0.39, 0.29) is 5.75 Å². The molecule has 0 unspecified atom stereocenters. The minimum Gasteiger partial charge on any atom is -0.372 e. The van der Waals surface area contributed by atoms with Crippen molar-refractivity contribution < 1.29 is 8.42 Å². The van der Waals surface area contributed by atoms with Crippen LogP contribution in [-0.2, 0) is 15.8 Å². The number of nitrogens with zero attached hydrogens (tertiary/aromatic N) is 1. The van der Waals surface area contributed by atoms with E-state index in [9.17, 15) is 8.42 Å². The van der Waals surface area contributed by atoms with Gasteiger partial charge in [-0.15, -0.1) is 0 Å². The Morgan fingerprint density at radius 2 is 1.54 bits per heavy atom. The molecule has 0 spiro atoms. The highest BCUT2D eigenvalue weighted by Gasteiger charge is 2.13. The molecule has 2 aromatic carbocycles. The van der Waals surface area contributed by atoms with E-state index in [0.29, 0.717) is 5.69 Å². The van der Waals surface area contributed by atoms with E-state index >= 15 is 0 Å². The number of benzene rings is 2. The lowest BCUT2D eigenvalue weighted by molar-refractivity contribution is 0.578. The summed E-state index contributed by atoms with van der Waals surface area (Å²) in [7, 11) is -3.40. The summed E-state index contributed by atoms with van der Waals surface area (Å²) in [6, 6.07) is 15.2. The third-order valence-corrected chi connectivity index (χ3v) is 5.60. The second kappa shape index (κ2) is 7.26. The van der Waals surface area contributed by atoms with Crippen LogP contribution in [0.4, 0.5) is 11.4 Å². The molecular weight excluding hydrogens is 320 g/mol. The van der Waals surface area contributed by atoms with Gasteiger partial charge in [0, 0.05) is 24.5 Å². The molecule has 4 nitrogen and oxygen atoms in total. The van der Waals surface area contributed by atoms with Crippen LogP contribution in [0.2, 0.25) is 0 Å². The normalized spacial score (nSPS) is 15.3. The van der Waals surface area contributed by atoms with Crippen LogP contribution in [0.15, 0.2) is 48.5 Å². The number of hydrogen-bond acceptors (Lipinski definition) is 3. The smallest absolute Gasteiger partial charge is 0.236 e. The fraction of sp³-hybridized carbons (Fsp3) is 0.368. The van der Waals surface area contributed by atoms with E-state index in [1.165, 1.54) is 19.3 Å². The van der Waals surface area contributed by atoms with Gasteiger partial charge in [-0.05, 0) is 56.0 Å². The second-order valence-corrected chi connectivity index (χ2v) is 8.16. The highest BCUT2D eigenvalue weighted by molar-refractivity contribution is 7.91. The average Bonchev–Trinajstić information content (AvgIpc) is 2.58. The van der Waals surface area contributed by atoms with Crippen LogP contribution in [0.25, 0.3) is 0 Å². The number of sulfonamides is 1. The number of hydrogen-bond donors (Lipinski definition) is 1. The van der Waals surface area contributed by atoms with Crippen molar-refractivity contribution in [3.8, 4) is 0 Å². The Kier molecular flexibility index (Phi) is 5.09. The standard InChI is InChI=1S/C19H24N2O2S/c1-16-5-7-17(8-6-16)15-24(22,23)20-18-9-11-19(12-10-18)21-13-3-2-4-14-21/h5-12,20H,2-4,13-15H2,1H3. The van der Waals surface area contributed by atoms with E-state index in [4.69, 9.17) is 0 Å². The molecular formula is C19H24N2O2S. The Hall–Kier alpha value is -2.01. The van der Waals surface area contributed by atoms with Crippen molar-refractivity contribution in [1.82, 2.24) is 0 Å². The van der Waals surface area contributed by atoms with Gasteiger partial charge < -0.3 is 4.90 Å². The van der Waals surface area contributed by atoms with E-state index < -0.39 is 10.0 Å². The summed E-state index contributed by atoms with van der Waals surface area (Å²) in [6.07, 6.45) is 3.75. The molecule has 0 aromatic heterocycles. The van der Waals surface area contributed by atoms with Crippen LogP contribution in [-0.4, -0.2) is 21.5 Å². The summed E-state index contributed by atoms with van der Waals surface area (Å²) in [5, 5.41) is 0. The van der Waals surface area contributed by atoms with E-state index in [0.717, 1.165) is 29.9 Å². The lowest BCUT2D eigenvalue weighted by Crippen LogP contribution is -2.29. The predicted molar refractivity (Wildman–Crippen MR) is 99.9 cm³/mol. The zero-order valence-electron chi connectivity index (χ0n) is 14.0. The van der Waals surface area contributed by atoms with Crippen LogP contribution >= 0.6 is 0 Å². The van der Waals surface area contributed by atoms with Crippen LogP contribution in [0.1, 0.15) is 30.4 Å². The summed E-state index contributed by atoms with van der Waals surface area (Å²) < 4.78 is 27.3. The van der Waals surface area contributed by atoms with E-state index in [2.05, 4.69) is 9.62 Å². The molecule has 0 aliphatic carbocycles. The molecule has 1 fully saturated rings. The van der Waals surface area contributed by atoms with Crippen molar-refractivity contribution in [1.29, 1.82) is 0 Å². The van der Waals surface area contributed by atoms with Gasteiger partial charge in [0.05, 0.1) is 5.75 Å². The van der Waals surface area contributed by atoms with Crippen LogP contribution in [0, 0.1) is 6.92 Å². The number of rotatable bonds is 5. The molecule has 0 amide bonds. The van der Waals surface area contributed by atoms with Crippen molar-refractivity contribution in [2.75, 3.05) is 22.7 Å². The van der Waals surface area contributed by atoms with Gasteiger partial charge in [0.15, 0.2) is 0 Å². The topological polar surface area (TPSA) is 49.4 Å². The van der Waals surface area contributed by atoms with Crippen molar-refractivity contribution in [3.63, 3.8) is 0 Å². The molecule has 0 atom stereocenters. The van der Waals surface area contributed by atoms with Crippen LogP contribution < -0.4 is 9.62 Å². The molecule has 2 aromatic rings. The number of piperidine rings is 1. The van der Waals surface area contributed by atoms with Gasteiger partial charge in [-0.25, -0.2) is 8.42 Å². The van der Waals surface area contributed by atoms with Gasteiger partial charge >= 0.3 is 0 Å². The molecule has 3 rings (SSSR count). The largest absolute Gasteiger partial charge is 0.372 e. The number of aryl methyl sites for hydroxylation is 1. The maximum atomic E-state index is 12.3. The Bertz CT molecular complexity index is 762. The monoisotopic (exact) mass is 344 g/mol. The molecule has 0 radical (unpaired) electrons. The first-order valence-corrected chi connectivity index (χ1v) is 10.1. The fourth-order valence-electron chi connectivity index (χ4n) is 3.01. The third kappa shape index (κ3) is 4.51. The maximum Gasteiger partial charge on any atom is 0.236 e. The molecule has 1 aliphatic heterocycles. The van der Waals surface area contributed by atoms with Gasteiger partial charge in [0.2, 0.25) is 10.0 Å². The van der Waals surface area contributed by atoms with Gasteiger partial charge in [-0.2, -0.15) is 0 Å². The second-order valence-electron chi connectivity index (χ2n) is 6.44. The summed E-state index contributed by atoms with van der Waals surface area (Å²) >= 11 is 0. The quantitative estimate of drug-likeness (QED) is 0.894. The lowest BCUT2D eigenvalue weighted by atomic mass is 10.1. The Balaban J connectivity index is 1.64. The highest BCUT2D eigenvalue weighted by Crippen LogP contribution is 2.22. The summed E-state index contributed by atoms with van der Waals surface area (Å²) in [6.45, 7) is 4.15. The lowest BCUT2D eigenvalue weighted by Gasteiger charge is -2.28. The first kappa shape index (κ1) is 16.8. The minimum atomic E-state index is -3.40. The molecule has 5 heteroatoms. The van der Waals surface area contributed by atoms with Crippen LogP contribution in [0.5, 0.6) is 0 Å². The number of nitrogens with one attached hydrogen (secondary N) is 1. The molecule has 0 saturated carbocycles. The summed E-state index contributed by atoms with van der Waals surface area (Å²) in [5.74, 6) is -0.0127. The Morgan fingerprint density at radius 3 is 2.17 bits per heavy atom. The molecule has 1 saturated heterocycles. The number of anilines is 2. The van der Waals surface area contributed by atoms with E-state index in [1.54, 1.807) is 0 Å². The zero-order chi connectivity index (χ0) is 17.0. The third-order valence-electron chi connectivity index (χ3n) is 4.34. The van der Waals surface area contributed by atoms with Gasteiger partial charge in [-0.1, -0.05) is 29.8 Å². The van der Waals surface area contributed by atoms with Gasteiger partial charge in [0.25, 0.3) is 0 Å². The van der Waals surface area contributed by atoms with Crippen molar-refractivity contribution >= 4 is 21.4 Å². The molecule has 1 N–H and O–H groups in total.